The van der Waals surface area contributed by atoms with Crippen molar-refractivity contribution in [1.29, 1.82) is 0 Å². The first kappa shape index (κ1) is 19.4. The molecule has 0 fully saturated rings. The monoisotopic (exact) mass is 389 g/mol. The number of aromatic nitrogens is 2. The minimum atomic E-state index is -0.270. The number of fused-ring (bicyclic) bond motifs is 3. The second kappa shape index (κ2) is 7.84. The van der Waals surface area contributed by atoms with E-state index < -0.39 is 0 Å². The summed E-state index contributed by atoms with van der Waals surface area (Å²) in [5.74, 6) is 0.517. The average molecular weight is 389 g/mol. The van der Waals surface area contributed by atoms with Crippen LogP contribution in [0.15, 0.2) is 59.4 Å². The normalized spacial score (nSPS) is 17.5. The summed E-state index contributed by atoms with van der Waals surface area (Å²) in [6.45, 7) is 4.93. The highest BCUT2D eigenvalue weighted by atomic mass is 16.3. The smallest absolute Gasteiger partial charge is 0.263 e. The summed E-state index contributed by atoms with van der Waals surface area (Å²) in [5.41, 5.74) is 4.33. The first-order chi connectivity index (χ1) is 14.1. The first-order valence-corrected chi connectivity index (χ1v) is 10.2. The molecule has 1 heterocycles. The Morgan fingerprint density at radius 3 is 2.59 bits per heavy atom. The third-order valence-electron chi connectivity index (χ3n) is 5.95. The van der Waals surface area contributed by atoms with E-state index in [1.54, 1.807) is 4.57 Å². The molecule has 2 aromatic carbocycles. The Morgan fingerprint density at radius 2 is 1.86 bits per heavy atom. The molecule has 0 unspecified atom stereocenters. The maximum Gasteiger partial charge on any atom is 0.263 e. The molecule has 29 heavy (non-hydrogen) atoms. The maximum absolute atomic E-state index is 13.9. The Labute approximate surface area is 171 Å². The number of nitrogens with zero attached hydrogens (tertiary/aromatic N) is 2. The van der Waals surface area contributed by atoms with Gasteiger partial charge in [0.2, 0.25) is 5.95 Å². The fraction of sp³-hybridized carbons (Fsp3) is 0.333. The molecule has 4 rings (SSSR count). The van der Waals surface area contributed by atoms with Gasteiger partial charge in [-0.1, -0.05) is 56.3 Å². The molecule has 0 amide bonds. The molecule has 2 N–H and O–H groups in total. The standard InChI is InChI=1S/C24H27N3O2/c1-3-24(2)16-17-10-7-8-13-19(17)21-20(24)22(29)27(18-11-5-4-6-12-18)23(26-21)25-14-9-15-28/h4-8,10-13,28H,3,9,14-16H2,1-2H3,(H,25,26)/t24-/m1/s1. The van der Waals surface area contributed by atoms with E-state index in [1.807, 2.05) is 42.5 Å². The molecule has 0 radical (unpaired) electrons. The number of aliphatic hydroxyl groups excluding tert-OH is 1. The molecule has 1 aliphatic carbocycles. The number of hydrogen-bond acceptors (Lipinski definition) is 4. The summed E-state index contributed by atoms with van der Waals surface area (Å²) in [7, 11) is 0. The Kier molecular flexibility index (Phi) is 5.24. The average Bonchev–Trinajstić information content (AvgIpc) is 2.74. The number of nitrogens with one attached hydrogen (secondary N) is 1. The van der Waals surface area contributed by atoms with Gasteiger partial charge in [0.25, 0.3) is 5.56 Å². The van der Waals surface area contributed by atoms with Crippen molar-refractivity contribution in [3.05, 3.63) is 76.1 Å². The van der Waals surface area contributed by atoms with Gasteiger partial charge in [0.1, 0.15) is 0 Å². The molecule has 3 aromatic rings. The second-order valence-electron chi connectivity index (χ2n) is 7.89. The van der Waals surface area contributed by atoms with Crippen molar-refractivity contribution in [1.82, 2.24) is 9.55 Å². The first-order valence-electron chi connectivity index (χ1n) is 10.2. The van der Waals surface area contributed by atoms with Crippen LogP contribution in [0.2, 0.25) is 0 Å². The van der Waals surface area contributed by atoms with Crippen molar-refractivity contribution in [3.63, 3.8) is 0 Å². The summed E-state index contributed by atoms with van der Waals surface area (Å²) < 4.78 is 1.68. The van der Waals surface area contributed by atoms with Crippen molar-refractivity contribution in [2.75, 3.05) is 18.5 Å². The third-order valence-corrected chi connectivity index (χ3v) is 5.95. The molecule has 1 atom stereocenters. The largest absolute Gasteiger partial charge is 0.396 e. The fourth-order valence-electron chi connectivity index (χ4n) is 4.19. The van der Waals surface area contributed by atoms with Crippen molar-refractivity contribution >= 4 is 5.95 Å². The van der Waals surface area contributed by atoms with E-state index >= 15 is 0 Å². The van der Waals surface area contributed by atoms with Crippen LogP contribution in [-0.4, -0.2) is 27.8 Å². The van der Waals surface area contributed by atoms with Gasteiger partial charge in [-0.15, -0.1) is 0 Å². The molecular formula is C24H27N3O2. The minimum absolute atomic E-state index is 0.0217. The van der Waals surface area contributed by atoms with E-state index in [2.05, 4.69) is 31.3 Å². The van der Waals surface area contributed by atoms with E-state index in [0.717, 1.165) is 35.3 Å². The zero-order chi connectivity index (χ0) is 20.4. The number of aliphatic hydroxyl groups is 1. The van der Waals surface area contributed by atoms with Crippen LogP contribution >= 0.6 is 0 Å². The molecule has 0 bridgehead atoms. The van der Waals surface area contributed by atoms with Gasteiger partial charge in [-0.25, -0.2) is 9.55 Å². The Balaban J connectivity index is 2.01. The van der Waals surface area contributed by atoms with Gasteiger partial charge < -0.3 is 10.4 Å². The topological polar surface area (TPSA) is 67.2 Å². The molecule has 0 saturated heterocycles. The van der Waals surface area contributed by atoms with E-state index in [0.29, 0.717) is 18.9 Å². The Bertz CT molecular complexity index is 1080. The van der Waals surface area contributed by atoms with E-state index in [9.17, 15) is 9.90 Å². The van der Waals surface area contributed by atoms with Gasteiger partial charge in [0.15, 0.2) is 0 Å². The molecule has 0 spiro atoms. The van der Waals surface area contributed by atoms with E-state index in [1.165, 1.54) is 5.56 Å². The summed E-state index contributed by atoms with van der Waals surface area (Å²) in [6, 6.07) is 17.9. The number of rotatable bonds is 6. The quantitative estimate of drug-likeness (QED) is 0.627. The highest BCUT2D eigenvalue weighted by Gasteiger charge is 2.38. The lowest BCUT2D eigenvalue weighted by Gasteiger charge is -2.36. The molecule has 0 aliphatic heterocycles. The van der Waals surface area contributed by atoms with Crippen molar-refractivity contribution < 1.29 is 5.11 Å². The van der Waals surface area contributed by atoms with Crippen LogP contribution in [0.1, 0.15) is 37.8 Å². The minimum Gasteiger partial charge on any atom is -0.396 e. The lowest BCUT2D eigenvalue weighted by molar-refractivity contribution is 0.292. The van der Waals surface area contributed by atoms with Crippen LogP contribution in [0.25, 0.3) is 16.9 Å². The van der Waals surface area contributed by atoms with Gasteiger partial charge in [-0.2, -0.15) is 0 Å². The molecule has 150 valence electrons. The second-order valence-corrected chi connectivity index (χ2v) is 7.89. The van der Waals surface area contributed by atoms with Crippen LogP contribution in [0.4, 0.5) is 5.95 Å². The number of para-hydroxylation sites is 1. The van der Waals surface area contributed by atoms with Gasteiger partial charge in [0.05, 0.1) is 16.9 Å². The zero-order valence-corrected chi connectivity index (χ0v) is 17.0. The Hall–Kier alpha value is -2.92. The SMILES string of the molecule is CC[C@]1(C)Cc2ccccc2-c2nc(NCCCO)n(-c3ccccc3)c(=O)c21. The lowest BCUT2D eigenvalue weighted by Crippen LogP contribution is -2.39. The predicted octanol–water partition coefficient (Wildman–Crippen LogP) is 3.92. The van der Waals surface area contributed by atoms with Gasteiger partial charge in [-0.05, 0) is 37.0 Å². The van der Waals surface area contributed by atoms with Crippen molar-refractivity contribution in [2.45, 2.75) is 38.5 Å². The van der Waals surface area contributed by atoms with Gasteiger partial charge in [0, 0.05) is 24.1 Å². The van der Waals surface area contributed by atoms with E-state index in [-0.39, 0.29) is 17.6 Å². The van der Waals surface area contributed by atoms with Crippen LogP contribution in [0, 0.1) is 0 Å². The van der Waals surface area contributed by atoms with Crippen molar-refractivity contribution in [2.24, 2.45) is 0 Å². The number of anilines is 1. The van der Waals surface area contributed by atoms with Gasteiger partial charge in [-0.3, -0.25) is 4.79 Å². The summed E-state index contributed by atoms with van der Waals surface area (Å²) in [6.07, 6.45) is 2.28. The molecule has 1 aromatic heterocycles. The Morgan fingerprint density at radius 1 is 1.14 bits per heavy atom. The van der Waals surface area contributed by atoms with Crippen LogP contribution < -0.4 is 10.9 Å². The van der Waals surface area contributed by atoms with Crippen LogP contribution in [0.3, 0.4) is 0 Å². The van der Waals surface area contributed by atoms with Gasteiger partial charge >= 0.3 is 0 Å². The van der Waals surface area contributed by atoms with Crippen LogP contribution in [0.5, 0.6) is 0 Å². The molecular weight excluding hydrogens is 362 g/mol. The lowest BCUT2D eigenvalue weighted by atomic mass is 9.69. The summed E-state index contributed by atoms with van der Waals surface area (Å²) in [5, 5.41) is 12.5. The molecule has 1 aliphatic rings. The van der Waals surface area contributed by atoms with E-state index in [4.69, 9.17) is 4.98 Å². The molecule has 5 heteroatoms. The predicted molar refractivity (Wildman–Crippen MR) is 117 cm³/mol. The number of benzene rings is 2. The molecule has 0 saturated carbocycles. The molecule has 5 nitrogen and oxygen atoms in total. The highest BCUT2D eigenvalue weighted by molar-refractivity contribution is 5.73. The summed E-state index contributed by atoms with van der Waals surface area (Å²) >= 11 is 0. The maximum atomic E-state index is 13.9. The summed E-state index contributed by atoms with van der Waals surface area (Å²) in [4.78, 5) is 18.9. The van der Waals surface area contributed by atoms with Crippen molar-refractivity contribution in [3.8, 4) is 16.9 Å². The number of hydrogen-bond donors (Lipinski definition) is 2. The third kappa shape index (κ3) is 3.36. The highest BCUT2D eigenvalue weighted by Crippen LogP contribution is 2.42. The van der Waals surface area contributed by atoms with Crippen LogP contribution in [-0.2, 0) is 11.8 Å². The zero-order valence-electron chi connectivity index (χ0n) is 17.0. The fourth-order valence-corrected chi connectivity index (χ4v) is 4.19.